The zero-order chi connectivity index (χ0) is 24.7. The highest BCUT2D eigenvalue weighted by Crippen LogP contribution is 2.24. The quantitative estimate of drug-likeness (QED) is 0.395. The van der Waals surface area contributed by atoms with Gasteiger partial charge in [0.25, 0.3) is 5.91 Å². The topological polar surface area (TPSA) is 87.7 Å². The van der Waals surface area contributed by atoms with E-state index in [4.69, 9.17) is 17.0 Å². The predicted octanol–water partition coefficient (Wildman–Crippen LogP) is 4.45. The highest BCUT2D eigenvalue weighted by molar-refractivity contribution is 9.10. The molecule has 1 amide bonds. The number of carbonyl (C=O) groups is 1. The van der Waals surface area contributed by atoms with Gasteiger partial charge in [-0.15, -0.1) is 0 Å². The Morgan fingerprint density at radius 1 is 1.03 bits per heavy atom. The summed E-state index contributed by atoms with van der Waals surface area (Å²) in [6, 6.07) is 21.2. The van der Waals surface area contributed by atoms with Gasteiger partial charge in [-0.2, -0.15) is 0 Å². The molecule has 0 bridgehead atoms. The summed E-state index contributed by atoms with van der Waals surface area (Å²) in [7, 11) is -0.595. The maximum atomic E-state index is 12.9. The van der Waals surface area contributed by atoms with Crippen molar-refractivity contribution in [2.45, 2.75) is 11.3 Å². The second-order valence-corrected chi connectivity index (χ2v) is 10.9. The van der Waals surface area contributed by atoms with E-state index in [0.29, 0.717) is 30.0 Å². The van der Waals surface area contributed by atoms with E-state index < -0.39 is 15.9 Å². The van der Waals surface area contributed by atoms with Gasteiger partial charge < -0.3 is 10.1 Å². The van der Waals surface area contributed by atoms with Crippen molar-refractivity contribution in [1.82, 2.24) is 9.62 Å². The molecule has 0 aliphatic heterocycles. The summed E-state index contributed by atoms with van der Waals surface area (Å²) in [5, 5.41) is 5.60. The van der Waals surface area contributed by atoms with Crippen LogP contribution in [0.1, 0.15) is 15.9 Å². The molecule has 7 nitrogen and oxygen atoms in total. The van der Waals surface area contributed by atoms with Gasteiger partial charge in [0.15, 0.2) is 5.11 Å². The molecule has 0 spiro atoms. The number of thiocarbonyl (C=S) groups is 1. The molecule has 178 valence electrons. The number of rotatable bonds is 8. The lowest BCUT2D eigenvalue weighted by atomic mass is 10.1. The molecule has 3 rings (SSSR count). The molecule has 0 saturated carbocycles. The molecule has 3 aromatic carbocycles. The molecule has 0 heterocycles. The monoisotopic (exact) mass is 561 g/mol. The van der Waals surface area contributed by atoms with Gasteiger partial charge in [-0.05, 0) is 60.2 Å². The first-order valence-electron chi connectivity index (χ1n) is 10.3. The summed E-state index contributed by atoms with van der Waals surface area (Å²) in [5.74, 6) is 0.0120. The van der Waals surface area contributed by atoms with Crippen LogP contribution in [-0.4, -0.2) is 44.4 Å². The molecule has 34 heavy (non-hydrogen) atoms. The van der Waals surface area contributed by atoms with Crippen LogP contribution >= 0.6 is 28.1 Å². The van der Waals surface area contributed by atoms with Crippen LogP contribution in [0.4, 0.5) is 5.69 Å². The maximum absolute atomic E-state index is 12.9. The minimum atomic E-state index is -3.53. The summed E-state index contributed by atoms with van der Waals surface area (Å²) in [5.41, 5.74) is 2.01. The van der Waals surface area contributed by atoms with Crippen LogP contribution in [-0.2, 0) is 16.4 Å². The lowest BCUT2D eigenvalue weighted by molar-refractivity contribution is 0.0973. The summed E-state index contributed by atoms with van der Waals surface area (Å²) >= 11 is 8.65. The van der Waals surface area contributed by atoms with Crippen molar-refractivity contribution in [2.24, 2.45) is 0 Å². The van der Waals surface area contributed by atoms with Crippen molar-refractivity contribution in [3.8, 4) is 5.75 Å². The molecule has 3 aromatic rings. The van der Waals surface area contributed by atoms with Crippen LogP contribution in [0.25, 0.3) is 0 Å². The molecule has 0 unspecified atom stereocenters. The molecule has 0 fully saturated rings. The van der Waals surface area contributed by atoms with Gasteiger partial charge in [0.1, 0.15) is 5.75 Å². The van der Waals surface area contributed by atoms with Crippen molar-refractivity contribution in [1.29, 1.82) is 0 Å². The fraction of sp³-hybridized carbons (Fsp3) is 0.167. The Balaban J connectivity index is 1.63. The van der Waals surface area contributed by atoms with Crippen molar-refractivity contribution in [3.05, 3.63) is 88.4 Å². The Morgan fingerprint density at radius 2 is 1.71 bits per heavy atom. The Hall–Kier alpha value is -2.79. The van der Waals surface area contributed by atoms with Crippen molar-refractivity contribution in [2.75, 3.05) is 26.0 Å². The van der Waals surface area contributed by atoms with E-state index in [1.54, 1.807) is 30.3 Å². The Kier molecular flexibility index (Phi) is 8.78. The summed E-state index contributed by atoms with van der Waals surface area (Å²) in [6.07, 6.45) is 0.706. The molecule has 0 saturated heterocycles. The maximum Gasteiger partial charge on any atom is 0.261 e. The molecule has 0 aromatic heterocycles. The van der Waals surface area contributed by atoms with Crippen LogP contribution in [0.5, 0.6) is 5.75 Å². The van der Waals surface area contributed by atoms with E-state index in [2.05, 4.69) is 26.6 Å². The standard InChI is InChI=1S/C24H24BrN3O4S2/c1-28(2)34(30,31)20-11-9-19(10-12-20)26-24(33)27-23(29)21-16-18(25)8-13-22(21)32-15-14-17-6-4-3-5-7-17/h3-13,16H,14-15H2,1-2H3,(H2,26,27,29,33). The van der Waals surface area contributed by atoms with Gasteiger partial charge in [-0.25, -0.2) is 12.7 Å². The molecule has 0 atom stereocenters. The zero-order valence-electron chi connectivity index (χ0n) is 18.6. The van der Waals surface area contributed by atoms with Gasteiger partial charge in [0.05, 0.1) is 17.1 Å². The van der Waals surface area contributed by atoms with Gasteiger partial charge in [-0.1, -0.05) is 46.3 Å². The van der Waals surface area contributed by atoms with Crippen molar-refractivity contribution >= 4 is 54.9 Å². The minimum Gasteiger partial charge on any atom is -0.492 e. The number of carbonyl (C=O) groups excluding carboxylic acids is 1. The number of hydrogen-bond acceptors (Lipinski definition) is 5. The number of amides is 1. The largest absolute Gasteiger partial charge is 0.492 e. The molecule has 0 radical (unpaired) electrons. The minimum absolute atomic E-state index is 0.0726. The number of ether oxygens (including phenoxy) is 1. The summed E-state index contributed by atoms with van der Waals surface area (Å²) in [6.45, 7) is 0.414. The Morgan fingerprint density at radius 3 is 2.35 bits per heavy atom. The normalized spacial score (nSPS) is 11.2. The van der Waals surface area contributed by atoms with Gasteiger partial charge in [0, 0.05) is 30.7 Å². The van der Waals surface area contributed by atoms with Crippen LogP contribution in [0.3, 0.4) is 0 Å². The zero-order valence-corrected chi connectivity index (χ0v) is 21.8. The molecule has 0 aliphatic rings. The van der Waals surface area contributed by atoms with Crippen LogP contribution < -0.4 is 15.4 Å². The van der Waals surface area contributed by atoms with E-state index >= 15 is 0 Å². The number of nitrogens with zero attached hydrogens (tertiary/aromatic N) is 1. The third-order valence-corrected chi connectivity index (χ3v) is 7.32. The smallest absolute Gasteiger partial charge is 0.261 e. The molecular formula is C24H24BrN3O4S2. The predicted molar refractivity (Wildman–Crippen MR) is 141 cm³/mol. The number of sulfonamides is 1. The molecule has 2 N–H and O–H groups in total. The highest BCUT2D eigenvalue weighted by Gasteiger charge is 2.18. The SMILES string of the molecule is CN(C)S(=O)(=O)c1ccc(NC(=S)NC(=O)c2cc(Br)ccc2OCCc2ccccc2)cc1. The first-order chi connectivity index (χ1) is 16.2. The van der Waals surface area contributed by atoms with Gasteiger partial charge in [0.2, 0.25) is 10.0 Å². The summed E-state index contributed by atoms with van der Waals surface area (Å²) < 4.78 is 32.1. The number of anilines is 1. The van der Waals surface area contributed by atoms with E-state index in [9.17, 15) is 13.2 Å². The van der Waals surface area contributed by atoms with Crippen LogP contribution in [0, 0.1) is 0 Å². The van der Waals surface area contributed by atoms with Crippen LogP contribution in [0.15, 0.2) is 82.2 Å². The van der Waals surface area contributed by atoms with E-state index in [1.807, 2.05) is 30.3 Å². The molecule has 10 heteroatoms. The highest BCUT2D eigenvalue weighted by atomic mass is 79.9. The second-order valence-electron chi connectivity index (χ2n) is 7.44. The van der Waals surface area contributed by atoms with E-state index in [0.717, 1.165) is 14.3 Å². The average Bonchev–Trinajstić information content (AvgIpc) is 2.80. The Labute approximate surface area is 213 Å². The van der Waals surface area contributed by atoms with E-state index in [1.165, 1.54) is 26.2 Å². The Bertz CT molecular complexity index is 1270. The van der Waals surface area contributed by atoms with Gasteiger partial charge in [-0.3, -0.25) is 10.1 Å². The average molecular weight is 563 g/mol. The number of halogens is 1. The number of nitrogens with one attached hydrogen (secondary N) is 2. The molecule has 0 aliphatic carbocycles. The second kappa shape index (κ2) is 11.6. The van der Waals surface area contributed by atoms with Gasteiger partial charge >= 0.3 is 0 Å². The van der Waals surface area contributed by atoms with Crippen molar-refractivity contribution < 1.29 is 17.9 Å². The first kappa shape index (κ1) is 25.8. The van der Waals surface area contributed by atoms with Crippen LogP contribution in [0.2, 0.25) is 0 Å². The fourth-order valence-electron chi connectivity index (χ4n) is 2.98. The first-order valence-corrected chi connectivity index (χ1v) is 12.9. The number of benzene rings is 3. The van der Waals surface area contributed by atoms with Crippen molar-refractivity contribution in [3.63, 3.8) is 0 Å². The third kappa shape index (κ3) is 6.86. The number of hydrogen-bond donors (Lipinski definition) is 2. The molecular weight excluding hydrogens is 538 g/mol. The third-order valence-electron chi connectivity index (χ3n) is 4.80. The lowest BCUT2D eigenvalue weighted by Gasteiger charge is -2.14. The van der Waals surface area contributed by atoms with E-state index in [-0.39, 0.29) is 10.0 Å². The fourth-order valence-corrected chi connectivity index (χ4v) is 4.46. The summed E-state index contributed by atoms with van der Waals surface area (Å²) in [4.78, 5) is 13.0. The lowest BCUT2D eigenvalue weighted by Crippen LogP contribution is -2.34.